The smallest absolute Gasteiger partial charge is 0.410 e. The summed E-state index contributed by atoms with van der Waals surface area (Å²) in [6.07, 6.45) is 2.10. The minimum absolute atomic E-state index is 0.121. The minimum Gasteiger partial charge on any atom is -0.493 e. The van der Waals surface area contributed by atoms with Gasteiger partial charge >= 0.3 is 12.2 Å². The van der Waals surface area contributed by atoms with Gasteiger partial charge in [0, 0.05) is 26.1 Å². The van der Waals surface area contributed by atoms with Crippen molar-refractivity contribution in [3.05, 3.63) is 54.1 Å². The van der Waals surface area contributed by atoms with Gasteiger partial charge < -0.3 is 35.1 Å². The van der Waals surface area contributed by atoms with Crippen molar-refractivity contribution < 1.29 is 33.4 Å². The van der Waals surface area contributed by atoms with E-state index in [0.717, 1.165) is 35.3 Å². The minimum atomic E-state index is -0.918. The number of nitrogens with zero attached hydrogens (tertiary/aromatic N) is 2. The number of amides is 4. The lowest BCUT2D eigenvalue weighted by molar-refractivity contribution is -0.139. The zero-order chi connectivity index (χ0) is 33.4. The highest BCUT2D eigenvalue weighted by Crippen LogP contribution is 2.26. The van der Waals surface area contributed by atoms with Crippen LogP contribution in [0.3, 0.4) is 0 Å². The first-order valence-electron chi connectivity index (χ1n) is 16.2. The fraction of sp³-hybridized carbons (Fsp3) is 0.543. The Labute approximate surface area is 271 Å². The van der Waals surface area contributed by atoms with Crippen LogP contribution in [0.1, 0.15) is 65.9 Å². The molecule has 2 heterocycles. The van der Waals surface area contributed by atoms with Gasteiger partial charge in [0.1, 0.15) is 23.4 Å². The molecule has 2 aromatic rings. The molecule has 0 aliphatic carbocycles. The van der Waals surface area contributed by atoms with Gasteiger partial charge in [-0.3, -0.25) is 9.59 Å². The van der Waals surface area contributed by atoms with Gasteiger partial charge in [0.2, 0.25) is 11.8 Å². The number of nitrogens with one attached hydrogen (secondary N) is 1. The molecule has 3 N–H and O–H groups in total. The molecule has 2 aliphatic rings. The van der Waals surface area contributed by atoms with Crippen LogP contribution in [0.2, 0.25) is 0 Å². The predicted molar refractivity (Wildman–Crippen MR) is 174 cm³/mol. The third kappa shape index (κ3) is 9.86. The number of nitrogens with two attached hydrogens (primary N) is 1. The molecular formula is C35H48N4O7. The van der Waals surface area contributed by atoms with Gasteiger partial charge in [-0.1, -0.05) is 36.4 Å². The molecule has 250 valence electrons. The van der Waals surface area contributed by atoms with Crippen LogP contribution in [0.5, 0.6) is 5.75 Å². The molecule has 0 aromatic heterocycles. The average molecular weight is 637 g/mol. The zero-order valence-electron chi connectivity index (χ0n) is 27.6. The van der Waals surface area contributed by atoms with E-state index in [4.69, 9.17) is 19.9 Å². The number of ether oxygens (including phenoxy) is 3. The van der Waals surface area contributed by atoms with Crippen LogP contribution in [0, 0.1) is 5.92 Å². The van der Waals surface area contributed by atoms with Gasteiger partial charge in [-0.25, -0.2) is 9.59 Å². The quantitative estimate of drug-likeness (QED) is 0.378. The van der Waals surface area contributed by atoms with E-state index >= 15 is 0 Å². The topological polar surface area (TPSA) is 140 Å². The van der Waals surface area contributed by atoms with E-state index in [9.17, 15) is 19.2 Å². The fourth-order valence-electron chi connectivity index (χ4n) is 5.76. The van der Waals surface area contributed by atoms with E-state index in [0.29, 0.717) is 45.0 Å². The number of carbonyl (C=O) groups excluding carboxylic acids is 4. The summed E-state index contributed by atoms with van der Waals surface area (Å²) in [5.74, 6) is 0.260. The van der Waals surface area contributed by atoms with Crippen molar-refractivity contribution in [2.75, 3.05) is 26.2 Å². The van der Waals surface area contributed by atoms with Crippen LogP contribution in [0.4, 0.5) is 9.59 Å². The predicted octanol–water partition coefficient (Wildman–Crippen LogP) is 4.90. The first-order chi connectivity index (χ1) is 21.8. The maximum absolute atomic E-state index is 13.5. The lowest BCUT2D eigenvalue weighted by atomic mass is 9.98. The molecule has 0 unspecified atom stereocenters. The molecule has 2 aromatic carbocycles. The lowest BCUT2D eigenvalue weighted by Gasteiger charge is -2.31. The Hall–Kier alpha value is -4.28. The maximum Gasteiger partial charge on any atom is 0.410 e. The molecule has 4 amide bonds. The van der Waals surface area contributed by atoms with Gasteiger partial charge in [-0.2, -0.15) is 0 Å². The molecule has 2 atom stereocenters. The van der Waals surface area contributed by atoms with E-state index in [2.05, 4.69) is 5.32 Å². The van der Waals surface area contributed by atoms with Crippen molar-refractivity contribution >= 4 is 24.0 Å². The Balaban J connectivity index is 1.34. The lowest BCUT2D eigenvalue weighted by Crippen LogP contribution is -2.54. The van der Waals surface area contributed by atoms with Crippen LogP contribution in [0.25, 0.3) is 11.1 Å². The fourth-order valence-corrected chi connectivity index (χ4v) is 5.76. The molecule has 0 bridgehead atoms. The molecular weight excluding hydrogens is 588 g/mol. The number of rotatable bonds is 10. The highest BCUT2D eigenvalue weighted by atomic mass is 16.6. The summed E-state index contributed by atoms with van der Waals surface area (Å²) in [7, 11) is 0. The molecule has 0 saturated carbocycles. The summed E-state index contributed by atoms with van der Waals surface area (Å²) in [6.45, 7) is 11.3. The van der Waals surface area contributed by atoms with Crippen molar-refractivity contribution in [3.8, 4) is 16.9 Å². The third-order valence-electron chi connectivity index (χ3n) is 8.13. The summed E-state index contributed by atoms with van der Waals surface area (Å²) < 4.78 is 16.8. The van der Waals surface area contributed by atoms with Crippen LogP contribution >= 0.6 is 0 Å². The molecule has 11 heteroatoms. The van der Waals surface area contributed by atoms with E-state index in [1.165, 1.54) is 4.90 Å². The second-order valence-electron chi connectivity index (χ2n) is 13.4. The molecule has 11 nitrogen and oxygen atoms in total. The second kappa shape index (κ2) is 15.3. The molecule has 0 radical (unpaired) electrons. The van der Waals surface area contributed by atoms with E-state index < -0.39 is 29.7 Å². The number of piperidine rings is 1. The number of alkyl carbamates (subject to hydrolysis) is 1. The summed E-state index contributed by atoms with van der Waals surface area (Å²) in [5.41, 5.74) is 7.67. The van der Waals surface area contributed by atoms with Crippen molar-refractivity contribution in [2.24, 2.45) is 11.7 Å². The number of carbonyl (C=O) groups is 4. The van der Waals surface area contributed by atoms with Crippen LogP contribution < -0.4 is 15.8 Å². The summed E-state index contributed by atoms with van der Waals surface area (Å²) in [4.78, 5) is 53.5. The first-order valence-corrected chi connectivity index (χ1v) is 16.2. The Morgan fingerprint density at radius 1 is 0.913 bits per heavy atom. The van der Waals surface area contributed by atoms with Gasteiger partial charge in [0.25, 0.3) is 0 Å². The second-order valence-corrected chi connectivity index (χ2v) is 13.4. The van der Waals surface area contributed by atoms with Gasteiger partial charge in [0.05, 0.1) is 12.7 Å². The maximum atomic E-state index is 13.5. The van der Waals surface area contributed by atoms with Crippen LogP contribution in [-0.2, 0) is 25.5 Å². The van der Waals surface area contributed by atoms with Crippen molar-refractivity contribution in [1.29, 1.82) is 0 Å². The number of hydrogen-bond acceptors (Lipinski definition) is 7. The highest BCUT2D eigenvalue weighted by Gasteiger charge is 2.37. The van der Waals surface area contributed by atoms with E-state index in [-0.39, 0.29) is 24.5 Å². The Bertz CT molecular complexity index is 1350. The van der Waals surface area contributed by atoms with Crippen LogP contribution in [-0.4, -0.2) is 83.8 Å². The molecule has 4 rings (SSSR count). The largest absolute Gasteiger partial charge is 0.493 e. The molecule has 46 heavy (non-hydrogen) atoms. The Morgan fingerprint density at radius 3 is 2.09 bits per heavy atom. The van der Waals surface area contributed by atoms with E-state index in [1.807, 2.05) is 62.4 Å². The standard InChI is InChI=1S/C35H48N4O7/c1-23(2)45-34(43)38-19-16-25(17-20-38)22-44-28-14-12-27(13-15-28)26-10-8-24(9-11-26)21-29(37-33(42)46-35(3,4)5)32(41)39-18-6-7-30(39)31(36)40/h8-15,23,25,29-30H,6-7,16-22H2,1-5H3,(H2,36,40)(H,37,42)/t29-,30-/m0/s1. The Morgan fingerprint density at radius 2 is 1.52 bits per heavy atom. The zero-order valence-corrected chi connectivity index (χ0v) is 27.6. The SMILES string of the molecule is CC(C)OC(=O)N1CCC(COc2ccc(-c3ccc(C[C@H](NC(=O)OC(C)(C)C)C(=O)N4CCC[C@H]4C(N)=O)cc3)cc2)CC1. The van der Waals surface area contributed by atoms with Gasteiger partial charge in [0.15, 0.2) is 0 Å². The normalized spacial score (nSPS) is 17.8. The number of benzene rings is 2. The summed E-state index contributed by atoms with van der Waals surface area (Å²) in [6, 6.07) is 14.1. The van der Waals surface area contributed by atoms with E-state index in [1.54, 1.807) is 25.7 Å². The highest BCUT2D eigenvalue weighted by molar-refractivity contribution is 5.91. The molecule has 2 saturated heterocycles. The summed E-state index contributed by atoms with van der Waals surface area (Å²) >= 11 is 0. The number of hydrogen-bond donors (Lipinski definition) is 2. The van der Waals surface area contributed by atoms with Gasteiger partial charge in [-0.15, -0.1) is 0 Å². The third-order valence-corrected chi connectivity index (χ3v) is 8.13. The van der Waals surface area contributed by atoms with Crippen molar-refractivity contribution in [1.82, 2.24) is 15.1 Å². The Kier molecular flexibility index (Phi) is 11.5. The number of likely N-dealkylation sites (tertiary alicyclic amines) is 2. The molecule has 2 aliphatic heterocycles. The molecule has 2 fully saturated rings. The first kappa shape index (κ1) is 34.6. The van der Waals surface area contributed by atoms with Crippen LogP contribution in [0.15, 0.2) is 48.5 Å². The molecule has 0 spiro atoms. The van der Waals surface area contributed by atoms with Gasteiger partial charge in [-0.05, 0) is 95.0 Å². The van der Waals surface area contributed by atoms with Crippen molar-refractivity contribution in [2.45, 2.75) is 90.5 Å². The number of primary amides is 1. The summed E-state index contributed by atoms with van der Waals surface area (Å²) in [5, 5.41) is 2.72. The van der Waals surface area contributed by atoms with Crippen molar-refractivity contribution in [3.63, 3.8) is 0 Å². The monoisotopic (exact) mass is 636 g/mol. The average Bonchev–Trinajstić information content (AvgIpc) is 3.50.